The molecule has 1 N–H and O–H groups in total. The van der Waals surface area contributed by atoms with Gasteiger partial charge in [-0.15, -0.1) is 0 Å². The van der Waals surface area contributed by atoms with Gasteiger partial charge in [0.15, 0.2) is 5.82 Å². The van der Waals surface area contributed by atoms with Crippen LogP contribution >= 0.6 is 0 Å². The van der Waals surface area contributed by atoms with Gasteiger partial charge in [0.05, 0.1) is 28.8 Å². The highest BCUT2D eigenvalue weighted by Gasteiger charge is 2.23. The molecule has 0 spiro atoms. The Morgan fingerprint density at radius 1 is 1.29 bits per heavy atom. The van der Waals surface area contributed by atoms with Gasteiger partial charge in [0.25, 0.3) is 0 Å². The molecule has 0 bridgehead atoms. The van der Waals surface area contributed by atoms with Gasteiger partial charge < -0.3 is 5.32 Å². The van der Waals surface area contributed by atoms with Crippen LogP contribution < -0.4 is 5.32 Å². The summed E-state index contributed by atoms with van der Waals surface area (Å²) in [5, 5.41) is 15.4. The van der Waals surface area contributed by atoms with Crippen LogP contribution in [-0.4, -0.2) is 52.0 Å². The summed E-state index contributed by atoms with van der Waals surface area (Å²) in [7, 11) is -2.58. The van der Waals surface area contributed by atoms with Crippen molar-refractivity contribution in [3.8, 4) is 11.9 Å². The first-order valence-electron chi connectivity index (χ1n) is 7.98. The lowest BCUT2D eigenvalue weighted by Gasteiger charge is -2.17. The second kappa shape index (κ2) is 7.95. The number of aromatic nitrogens is 4. The van der Waals surface area contributed by atoms with E-state index in [-0.39, 0.29) is 4.90 Å². The molecule has 10 nitrogen and oxygen atoms in total. The van der Waals surface area contributed by atoms with Gasteiger partial charge >= 0.3 is 0 Å². The molecule has 0 saturated carbocycles. The average molecular weight is 397 g/mol. The number of nitriles is 1. The van der Waals surface area contributed by atoms with Crippen LogP contribution in [0.5, 0.6) is 0 Å². The molecule has 1 amide bonds. The number of rotatable bonds is 6. The molecule has 0 aliphatic rings. The van der Waals surface area contributed by atoms with Crippen LogP contribution in [-0.2, 0) is 14.8 Å². The molecule has 142 valence electrons. The maximum atomic E-state index is 12.6. The zero-order valence-electron chi connectivity index (χ0n) is 14.7. The number of sulfonamides is 1. The molecule has 11 heteroatoms. The number of nitrogens with zero attached hydrogens (tertiary/aromatic N) is 6. The number of amides is 1. The molecule has 0 radical (unpaired) electrons. The molecule has 3 aromatic rings. The standard InChI is InChI=1S/C17H15N7O3S/c1-23(28(26,27)14-6-4-13(9-18)5-7-14)10-16(25)22-15-3-2-8-20-17(15)24-12-19-11-21-24/h2-8,11-12H,10H2,1H3,(H,22,25). The first-order valence-corrected chi connectivity index (χ1v) is 9.42. The van der Waals surface area contributed by atoms with Crippen LogP contribution in [0.2, 0.25) is 0 Å². The fraction of sp³-hybridized carbons (Fsp3) is 0.118. The fourth-order valence-electron chi connectivity index (χ4n) is 2.35. The summed E-state index contributed by atoms with van der Waals surface area (Å²) in [5.41, 5.74) is 0.707. The number of carbonyl (C=O) groups is 1. The maximum Gasteiger partial charge on any atom is 0.243 e. The Morgan fingerprint density at radius 3 is 2.68 bits per heavy atom. The quantitative estimate of drug-likeness (QED) is 0.650. The molecule has 3 rings (SSSR count). The minimum absolute atomic E-state index is 0.00789. The first-order chi connectivity index (χ1) is 13.4. The van der Waals surface area contributed by atoms with Gasteiger partial charge in [0, 0.05) is 13.2 Å². The van der Waals surface area contributed by atoms with Gasteiger partial charge in [-0.1, -0.05) is 0 Å². The predicted octanol–water partition coefficient (Wildman–Crippen LogP) is 0.793. The molecule has 1 aromatic carbocycles. The van der Waals surface area contributed by atoms with Crippen molar-refractivity contribution in [3.63, 3.8) is 0 Å². The lowest BCUT2D eigenvalue weighted by Crippen LogP contribution is -2.35. The first kappa shape index (κ1) is 19.2. The van der Waals surface area contributed by atoms with Gasteiger partial charge in [0.2, 0.25) is 15.9 Å². The number of hydrogen-bond acceptors (Lipinski definition) is 7. The van der Waals surface area contributed by atoms with Crippen LogP contribution in [0.4, 0.5) is 5.69 Å². The summed E-state index contributed by atoms with van der Waals surface area (Å²) in [5.74, 6) is -0.194. The van der Waals surface area contributed by atoms with E-state index >= 15 is 0 Å². The summed E-state index contributed by atoms with van der Waals surface area (Å²) in [6, 6.07) is 10.6. The van der Waals surface area contributed by atoms with E-state index in [2.05, 4.69) is 20.4 Å². The van der Waals surface area contributed by atoms with E-state index in [4.69, 9.17) is 5.26 Å². The molecule has 28 heavy (non-hydrogen) atoms. The summed E-state index contributed by atoms with van der Waals surface area (Å²) in [6.45, 7) is -0.409. The Balaban J connectivity index is 1.74. The summed E-state index contributed by atoms with van der Waals surface area (Å²) in [6.07, 6.45) is 4.30. The largest absolute Gasteiger partial charge is 0.322 e. The second-order valence-corrected chi connectivity index (χ2v) is 7.70. The lowest BCUT2D eigenvalue weighted by molar-refractivity contribution is -0.116. The Morgan fingerprint density at radius 2 is 2.04 bits per heavy atom. The Hall–Kier alpha value is -3.62. The maximum absolute atomic E-state index is 12.6. The van der Waals surface area contributed by atoms with Gasteiger partial charge in [-0.2, -0.15) is 14.7 Å². The Labute approximate surface area is 161 Å². The van der Waals surface area contributed by atoms with Crippen molar-refractivity contribution in [1.82, 2.24) is 24.1 Å². The van der Waals surface area contributed by atoms with Crippen molar-refractivity contribution >= 4 is 21.6 Å². The number of hydrogen-bond donors (Lipinski definition) is 1. The molecular formula is C17H15N7O3S. The van der Waals surface area contributed by atoms with E-state index < -0.39 is 22.5 Å². The highest BCUT2D eigenvalue weighted by molar-refractivity contribution is 7.89. The van der Waals surface area contributed by atoms with Gasteiger partial charge in [-0.05, 0) is 36.4 Å². The number of anilines is 1. The highest BCUT2D eigenvalue weighted by atomic mass is 32.2. The predicted molar refractivity (Wildman–Crippen MR) is 98.8 cm³/mol. The zero-order valence-corrected chi connectivity index (χ0v) is 15.5. The molecule has 2 aromatic heterocycles. The smallest absolute Gasteiger partial charge is 0.243 e. The number of pyridine rings is 1. The number of benzene rings is 1. The Kier molecular flexibility index (Phi) is 5.44. The molecule has 0 fully saturated rings. The van der Waals surface area contributed by atoms with Crippen molar-refractivity contribution in [2.75, 3.05) is 18.9 Å². The monoisotopic (exact) mass is 397 g/mol. The molecule has 0 aliphatic carbocycles. The summed E-state index contributed by atoms with van der Waals surface area (Å²) in [4.78, 5) is 20.4. The molecule has 2 heterocycles. The van der Waals surface area contributed by atoms with E-state index in [1.54, 1.807) is 12.1 Å². The van der Waals surface area contributed by atoms with E-state index in [0.717, 1.165) is 4.31 Å². The SMILES string of the molecule is CN(CC(=O)Nc1cccnc1-n1cncn1)S(=O)(=O)c1ccc(C#N)cc1. The average Bonchev–Trinajstić information content (AvgIpc) is 3.23. The Bertz CT molecular complexity index is 1120. The van der Waals surface area contributed by atoms with Crippen molar-refractivity contribution < 1.29 is 13.2 Å². The van der Waals surface area contributed by atoms with E-state index in [1.165, 1.54) is 54.8 Å². The van der Waals surface area contributed by atoms with Crippen LogP contribution in [0.3, 0.4) is 0 Å². The number of nitrogens with one attached hydrogen (secondary N) is 1. The lowest BCUT2D eigenvalue weighted by atomic mass is 10.2. The fourth-order valence-corrected chi connectivity index (χ4v) is 3.48. The van der Waals surface area contributed by atoms with Crippen molar-refractivity contribution in [2.24, 2.45) is 0 Å². The molecule has 0 aliphatic heterocycles. The summed E-state index contributed by atoms with van der Waals surface area (Å²) < 4.78 is 27.5. The van der Waals surface area contributed by atoms with Crippen LogP contribution in [0, 0.1) is 11.3 Å². The number of likely N-dealkylation sites (N-methyl/N-ethyl adjacent to an activating group) is 1. The molecular weight excluding hydrogens is 382 g/mol. The van der Waals surface area contributed by atoms with Gasteiger partial charge in [-0.3, -0.25) is 4.79 Å². The van der Waals surface area contributed by atoms with E-state index in [9.17, 15) is 13.2 Å². The van der Waals surface area contributed by atoms with Crippen molar-refractivity contribution in [3.05, 3.63) is 60.8 Å². The van der Waals surface area contributed by atoms with Gasteiger partial charge in [0.1, 0.15) is 12.7 Å². The van der Waals surface area contributed by atoms with Crippen LogP contribution in [0.25, 0.3) is 5.82 Å². The minimum atomic E-state index is -3.88. The number of carbonyl (C=O) groups excluding carboxylic acids is 1. The molecule has 0 saturated heterocycles. The summed E-state index contributed by atoms with van der Waals surface area (Å²) >= 11 is 0. The third kappa shape index (κ3) is 4.03. The second-order valence-electron chi connectivity index (χ2n) is 5.66. The highest BCUT2D eigenvalue weighted by Crippen LogP contribution is 2.17. The molecule has 0 unspecified atom stereocenters. The van der Waals surface area contributed by atoms with Crippen LogP contribution in [0.15, 0.2) is 60.1 Å². The third-order valence-corrected chi connectivity index (χ3v) is 5.57. The minimum Gasteiger partial charge on any atom is -0.322 e. The van der Waals surface area contributed by atoms with Crippen molar-refractivity contribution in [1.29, 1.82) is 5.26 Å². The van der Waals surface area contributed by atoms with E-state index in [1.807, 2.05) is 6.07 Å². The molecule has 0 atom stereocenters. The topological polar surface area (TPSA) is 134 Å². The zero-order chi connectivity index (χ0) is 20.1. The normalized spacial score (nSPS) is 11.2. The third-order valence-electron chi connectivity index (χ3n) is 3.75. The van der Waals surface area contributed by atoms with E-state index in [0.29, 0.717) is 17.1 Å². The van der Waals surface area contributed by atoms with Gasteiger partial charge in [-0.25, -0.2) is 23.1 Å². The van der Waals surface area contributed by atoms with Crippen molar-refractivity contribution in [2.45, 2.75) is 4.90 Å². The van der Waals surface area contributed by atoms with Crippen LogP contribution in [0.1, 0.15) is 5.56 Å².